The molecule has 0 bridgehead atoms. The zero-order valence-electron chi connectivity index (χ0n) is 8.12. The van der Waals surface area contributed by atoms with E-state index in [4.69, 9.17) is 0 Å². The van der Waals surface area contributed by atoms with Gasteiger partial charge < -0.3 is 4.90 Å². The standard InChI is InChI=1S/C9H14F2N2O/c1-3-8(14)13-5-4-12(2)7(6-13)9(10)11/h3,7,9H,1,4-6H2,2H3. The number of amides is 1. The van der Waals surface area contributed by atoms with Gasteiger partial charge in [0.2, 0.25) is 5.91 Å². The van der Waals surface area contributed by atoms with Gasteiger partial charge in [-0.1, -0.05) is 6.58 Å². The smallest absolute Gasteiger partial charge is 0.255 e. The maximum Gasteiger partial charge on any atom is 0.255 e. The van der Waals surface area contributed by atoms with Crippen LogP contribution < -0.4 is 0 Å². The lowest BCUT2D eigenvalue weighted by Crippen LogP contribution is -2.55. The lowest BCUT2D eigenvalue weighted by atomic mass is 10.2. The lowest BCUT2D eigenvalue weighted by molar-refractivity contribution is -0.130. The average Bonchev–Trinajstić information content (AvgIpc) is 2.17. The van der Waals surface area contributed by atoms with Gasteiger partial charge in [-0.3, -0.25) is 9.69 Å². The highest BCUT2D eigenvalue weighted by atomic mass is 19.3. The van der Waals surface area contributed by atoms with Crippen LogP contribution in [0.2, 0.25) is 0 Å². The number of piperazine rings is 1. The third-order valence-electron chi connectivity index (χ3n) is 2.47. The predicted molar refractivity (Wildman–Crippen MR) is 49.2 cm³/mol. The second-order valence-corrected chi connectivity index (χ2v) is 3.37. The molecule has 0 spiro atoms. The zero-order chi connectivity index (χ0) is 10.7. The molecule has 0 aromatic carbocycles. The van der Waals surface area contributed by atoms with E-state index in [1.54, 1.807) is 11.9 Å². The molecule has 1 saturated heterocycles. The minimum Gasteiger partial charge on any atom is -0.336 e. The zero-order valence-corrected chi connectivity index (χ0v) is 8.12. The maximum absolute atomic E-state index is 12.5. The Morgan fingerprint density at radius 1 is 1.57 bits per heavy atom. The van der Waals surface area contributed by atoms with Crippen molar-refractivity contribution < 1.29 is 13.6 Å². The van der Waals surface area contributed by atoms with Crippen LogP contribution in [0.25, 0.3) is 0 Å². The van der Waals surface area contributed by atoms with Crippen LogP contribution in [-0.2, 0) is 4.79 Å². The molecule has 1 aliphatic rings. The summed E-state index contributed by atoms with van der Waals surface area (Å²) in [5.41, 5.74) is 0. The summed E-state index contributed by atoms with van der Waals surface area (Å²) in [6.07, 6.45) is -1.26. The fourth-order valence-corrected chi connectivity index (χ4v) is 1.50. The Balaban J connectivity index is 2.61. The molecule has 1 rings (SSSR count). The highest BCUT2D eigenvalue weighted by Crippen LogP contribution is 2.14. The van der Waals surface area contributed by atoms with Crippen LogP contribution in [0.4, 0.5) is 8.78 Å². The summed E-state index contributed by atoms with van der Waals surface area (Å²) in [4.78, 5) is 14.2. The van der Waals surface area contributed by atoms with Crippen molar-refractivity contribution in [3.63, 3.8) is 0 Å². The molecule has 0 radical (unpaired) electrons. The largest absolute Gasteiger partial charge is 0.336 e. The Morgan fingerprint density at radius 2 is 2.21 bits per heavy atom. The monoisotopic (exact) mass is 204 g/mol. The van der Waals surface area contributed by atoms with Crippen molar-refractivity contribution in [2.24, 2.45) is 0 Å². The van der Waals surface area contributed by atoms with E-state index in [1.807, 2.05) is 0 Å². The van der Waals surface area contributed by atoms with Crippen molar-refractivity contribution in [1.29, 1.82) is 0 Å². The van der Waals surface area contributed by atoms with Crippen LogP contribution in [0.5, 0.6) is 0 Å². The Morgan fingerprint density at radius 3 is 2.71 bits per heavy atom. The predicted octanol–water partition coefficient (Wildman–Crippen LogP) is 0.580. The number of likely N-dealkylation sites (N-methyl/N-ethyl adjacent to an activating group) is 1. The number of hydrogen-bond acceptors (Lipinski definition) is 2. The van der Waals surface area contributed by atoms with Crippen molar-refractivity contribution in [1.82, 2.24) is 9.80 Å². The summed E-state index contributed by atoms with van der Waals surface area (Å²) in [5, 5.41) is 0. The SMILES string of the molecule is C=CC(=O)N1CCN(C)C(C(F)F)C1. The molecule has 0 saturated carbocycles. The topological polar surface area (TPSA) is 23.6 Å². The normalized spacial score (nSPS) is 24.0. The third-order valence-corrected chi connectivity index (χ3v) is 2.47. The Bertz CT molecular complexity index is 233. The quantitative estimate of drug-likeness (QED) is 0.614. The van der Waals surface area contributed by atoms with Crippen molar-refractivity contribution in [3.05, 3.63) is 12.7 Å². The lowest BCUT2D eigenvalue weighted by Gasteiger charge is -2.38. The summed E-state index contributed by atoms with van der Waals surface area (Å²) < 4.78 is 25.0. The van der Waals surface area contributed by atoms with Crippen molar-refractivity contribution >= 4 is 5.91 Å². The van der Waals surface area contributed by atoms with E-state index in [-0.39, 0.29) is 12.5 Å². The molecular formula is C9H14F2N2O. The number of carbonyl (C=O) groups excluding carboxylic acids is 1. The summed E-state index contributed by atoms with van der Waals surface area (Å²) in [6, 6.07) is -0.854. The average molecular weight is 204 g/mol. The van der Waals surface area contributed by atoms with Gasteiger partial charge in [-0.05, 0) is 13.1 Å². The van der Waals surface area contributed by atoms with E-state index < -0.39 is 12.5 Å². The van der Waals surface area contributed by atoms with Gasteiger partial charge in [0.05, 0.1) is 6.04 Å². The van der Waals surface area contributed by atoms with Crippen LogP contribution in [0.3, 0.4) is 0 Å². The number of nitrogens with zero attached hydrogens (tertiary/aromatic N) is 2. The van der Waals surface area contributed by atoms with Crippen LogP contribution >= 0.6 is 0 Å². The van der Waals surface area contributed by atoms with E-state index in [9.17, 15) is 13.6 Å². The first kappa shape index (κ1) is 11.1. The first-order valence-electron chi connectivity index (χ1n) is 4.46. The van der Waals surface area contributed by atoms with E-state index >= 15 is 0 Å². The molecule has 1 aliphatic heterocycles. The molecule has 0 aromatic heterocycles. The molecule has 1 unspecified atom stereocenters. The van der Waals surface area contributed by atoms with Crippen molar-refractivity contribution in [2.75, 3.05) is 26.7 Å². The second kappa shape index (κ2) is 4.50. The van der Waals surface area contributed by atoms with Crippen LogP contribution in [0, 0.1) is 0 Å². The molecule has 1 heterocycles. The van der Waals surface area contributed by atoms with E-state index in [0.29, 0.717) is 13.1 Å². The Hall–Kier alpha value is -0.970. The Kier molecular flexibility index (Phi) is 3.57. The van der Waals surface area contributed by atoms with Crippen molar-refractivity contribution in [2.45, 2.75) is 12.5 Å². The number of carbonyl (C=O) groups is 1. The molecule has 1 amide bonds. The van der Waals surface area contributed by atoms with Crippen molar-refractivity contribution in [3.8, 4) is 0 Å². The minimum absolute atomic E-state index is 0.0824. The van der Waals surface area contributed by atoms with Gasteiger partial charge >= 0.3 is 0 Å². The highest BCUT2D eigenvalue weighted by Gasteiger charge is 2.32. The van der Waals surface area contributed by atoms with E-state index in [0.717, 1.165) is 6.08 Å². The van der Waals surface area contributed by atoms with Gasteiger partial charge in [0.15, 0.2) is 0 Å². The van der Waals surface area contributed by atoms with Crippen LogP contribution in [0.15, 0.2) is 12.7 Å². The summed E-state index contributed by atoms with van der Waals surface area (Å²) in [5.74, 6) is -0.274. The molecule has 0 N–H and O–H groups in total. The summed E-state index contributed by atoms with van der Waals surface area (Å²) in [6.45, 7) is 4.39. The summed E-state index contributed by atoms with van der Waals surface area (Å²) >= 11 is 0. The maximum atomic E-state index is 12.5. The summed E-state index contributed by atoms with van der Waals surface area (Å²) in [7, 11) is 1.65. The minimum atomic E-state index is -2.42. The molecule has 3 nitrogen and oxygen atoms in total. The van der Waals surface area contributed by atoms with Crippen LogP contribution in [0.1, 0.15) is 0 Å². The molecule has 0 aliphatic carbocycles. The fraction of sp³-hybridized carbons (Fsp3) is 0.667. The molecule has 5 heteroatoms. The number of hydrogen-bond donors (Lipinski definition) is 0. The molecule has 14 heavy (non-hydrogen) atoms. The first-order valence-corrected chi connectivity index (χ1v) is 4.46. The molecule has 80 valence electrons. The highest BCUT2D eigenvalue weighted by molar-refractivity contribution is 5.87. The molecule has 1 atom stereocenters. The third kappa shape index (κ3) is 2.29. The van der Waals surface area contributed by atoms with Gasteiger partial charge in [-0.25, -0.2) is 8.78 Å². The number of halogens is 2. The van der Waals surface area contributed by atoms with Crippen LogP contribution in [-0.4, -0.2) is 54.9 Å². The number of alkyl halides is 2. The van der Waals surface area contributed by atoms with E-state index in [1.165, 1.54) is 4.90 Å². The van der Waals surface area contributed by atoms with Gasteiger partial charge in [0, 0.05) is 19.6 Å². The first-order chi connectivity index (χ1) is 6.56. The van der Waals surface area contributed by atoms with Gasteiger partial charge in [0.1, 0.15) is 0 Å². The molecular weight excluding hydrogens is 190 g/mol. The van der Waals surface area contributed by atoms with Gasteiger partial charge in [-0.15, -0.1) is 0 Å². The second-order valence-electron chi connectivity index (χ2n) is 3.37. The molecule has 0 aromatic rings. The fourth-order valence-electron chi connectivity index (χ4n) is 1.50. The van der Waals surface area contributed by atoms with Gasteiger partial charge in [-0.2, -0.15) is 0 Å². The van der Waals surface area contributed by atoms with Gasteiger partial charge in [0.25, 0.3) is 6.43 Å². The Labute approximate surface area is 82.0 Å². The van der Waals surface area contributed by atoms with E-state index in [2.05, 4.69) is 6.58 Å². The number of rotatable bonds is 2. The molecule has 1 fully saturated rings.